The number of rotatable bonds is 9. The molecule has 1 fully saturated rings. The molecule has 1 amide bonds. The van der Waals surface area contributed by atoms with E-state index in [0.29, 0.717) is 13.2 Å². The fourth-order valence-corrected chi connectivity index (χ4v) is 4.73. The Morgan fingerprint density at radius 1 is 1.25 bits per heavy atom. The lowest BCUT2D eigenvalue weighted by molar-refractivity contribution is -0.125. The molecule has 1 saturated heterocycles. The minimum atomic E-state index is 0.0722. The summed E-state index contributed by atoms with van der Waals surface area (Å²) in [5, 5.41) is 8.74. The van der Waals surface area contributed by atoms with Crippen molar-refractivity contribution in [2.75, 3.05) is 38.3 Å². The number of nitrogens with one attached hydrogen (secondary N) is 1. The van der Waals surface area contributed by atoms with Gasteiger partial charge in [-0.25, -0.2) is 9.50 Å². The van der Waals surface area contributed by atoms with Crippen LogP contribution in [-0.2, 0) is 9.53 Å². The summed E-state index contributed by atoms with van der Waals surface area (Å²) in [6, 6.07) is 7.86. The van der Waals surface area contributed by atoms with Gasteiger partial charge in [0.05, 0.1) is 25.1 Å². The van der Waals surface area contributed by atoms with Crippen LogP contribution < -0.4 is 15.0 Å². The number of carbonyl (C=O) groups is 1. The first kappa shape index (κ1) is 22.5. The van der Waals surface area contributed by atoms with Gasteiger partial charge >= 0.3 is 0 Å². The van der Waals surface area contributed by atoms with Crippen molar-refractivity contribution in [1.82, 2.24) is 19.9 Å². The fourth-order valence-electron chi connectivity index (χ4n) is 3.80. The zero-order valence-electron chi connectivity index (χ0n) is 18.9. The third-order valence-corrected chi connectivity index (χ3v) is 6.61. The molecule has 1 aliphatic rings. The Balaban J connectivity index is 1.28. The van der Waals surface area contributed by atoms with E-state index in [-0.39, 0.29) is 17.9 Å². The van der Waals surface area contributed by atoms with Crippen LogP contribution in [0.25, 0.3) is 16.2 Å². The summed E-state index contributed by atoms with van der Waals surface area (Å²) >= 11 is 1.59. The number of ether oxygens (including phenoxy) is 2. The molecule has 2 aromatic heterocycles. The first-order valence-electron chi connectivity index (χ1n) is 11.2. The third kappa shape index (κ3) is 5.39. The third-order valence-electron chi connectivity index (χ3n) is 5.63. The number of amides is 1. The van der Waals surface area contributed by atoms with Gasteiger partial charge in [0.15, 0.2) is 0 Å². The number of hydrogen-bond acceptors (Lipinski definition) is 7. The first-order chi connectivity index (χ1) is 15.5. The van der Waals surface area contributed by atoms with Crippen LogP contribution in [0.3, 0.4) is 0 Å². The molecule has 4 rings (SSSR count). The molecule has 32 heavy (non-hydrogen) atoms. The molecule has 8 nitrogen and oxygen atoms in total. The van der Waals surface area contributed by atoms with Gasteiger partial charge < -0.3 is 19.7 Å². The maximum atomic E-state index is 12.4. The molecule has 1 aromatic carbocycles. The number of methoxy groups -OCH3 is 1. The Hall–Kier alpha value is -2.65. The molecular formula is C23H31N5O3S. The van der Waals surface area contributed by atoms with Crippen molar-refractivity contribution in [2.24, 2.45) is 5.92 Å². The maximum absolute atomic E-state index is 12.4. The van der Waals surface area contributed by atoms with Crippen LogP contribution in [0.15, 0.2) is 30.5 Å². The SMILES string of the molecule is COc1ccc(-c2cn3nc(N4CCC(C(=O)NCCCOC(C)C)CC4)sc3n2)cc1. The highest BCUT2D eigenvalue weighted by Crippen LogP contribution is 2.30. The molecule has 0 atom stereocenters. The van der Waals surface area contributed by atoms with Crippen molar-refractivity contribution in [3.05, 3.63) is 30.5 Å². The normalized spacial score (nSPS) is 14.9. The summed E-state index contributed by atoms with van der Waals surface area (Å²) in [6.07, 6.45) is 4.72. The molecular weight excluding hydrogens is 426 g/mol. The van der Waals surface area contributed by atoms with E-state index in [2.05, 4.69) is 10.2 Å². The summed E-state index contributed by atoms with van der Waals surface area (Å²) in [7, 11) is 1.66. The van der Waals surface area contributed by atoms with E-state index in [1.165, 1.54) is 0 Å². The van der Waals surface area contributed by atoms with Gasteiger partial charge in [-0.15, -0.1) is 5.10 Å². The number of anilines is 1. The number of nitrogens with zero attached hydrogens (tertiary/aromatic N) is 4. The smallest absolute Gasteiger partial charge is 0.223 e. The van der Waals surface area contributed by atoms with Gasteiger partial charge in [-0.3, -0.25) is 4.79 Å². The molecule has 3 heterocycles. The maximum Gasteiger partial charge on any atom is 0.223 e. The van der Waals surface area contributed by atoms with Crippen molar-refractivity contribution in [3.63, 3.8) is 0 Å². The zero-order valence-corrected chi connectivity index (χ0v) is 19.7. The number of hydrogen-bond donors (Lipinski definition) is 1. The molecule has 0 bridgehead atoms. The summed E-state index contributed by atoms with van der Waals surface area (Å²) in [5.74, 6) is 1.06. The summed E-state index contributed by atoms with van der Waals surface area (Å²) in [6.45, 7) is 7.06. The number of fused-ring (bicyclic) bond motifs is 1. The van der Waals surface area contributed by atoms with Gasteiger partial charge in [-0.05, 0) is 57.4 Å². The topological polar surface area (TPSA) is 81.0 Å². The number of aromatic nitrogens is 3. The van der Waals surface area contributed by atoms with Gasteiger partial charge in [0.2, 0.25) is 16.0 Å². The van der Waals surface area contributed by atoms with Crippen LogP contribution in [0.4, 0.5) is 5.13 Å². The van der Waals surface area contributed by atoms with Crippen molar-refractivity contribution in [3.8, 4) is 17.0 Å². The van der Waals surface area contributed by atoms with Gasteiger partial charge in [0.25, 0.3) is 0 Å². The average molecular weight is 458 g/mol. The van der Waals surface area contributed by atoms with Gasteiger partial charge in [-0.1, -0.05) is 11.3 Å². The highest BCUT2D eigenvalue weighted by molar-refractivity contribution is 7.20. The summed E-state index contributed by atoms with van der Waals surface area (Å²) in [5.41, 5.74) is 1.93. The molecule has 0 spiro atoms. The fraction of sp³-hybridized carbons (Fsp3) is 0.522. The number of piperidine rings is 1. The molecule has 9 heteroatoms. The Bertz CT molecular complexity index is 991. The van der Waals surface area contributed by atoms with E-state index >= 15 is 0 Å². The predicted molar refractivity (Wildman–Crippen MR) is 127 cm³/mol. The summed E-state index contributed by atoms with van der Waals surface area (Å²) in [4.78, 5) is 20.3. The minimum absolute atomic E-state index is 0.0722. The van der Waals surface area contributed by atoms with Gasteiger partial charge in [0.1, 0.15) is 5.75 Å². The Labute approximate surface area is 192 Å². The van der Waals surface area contributed by atoms with Crippen molar-refractivity contribution >= 4 is 27.3 Å². The van der Waals surface area contributed by atoms with Crippen LogP contribution >= 0.6 is 11.3 Å². The highest BCUT2D eigenvalue weighted by atomic mass is 32.1. The Morgan fingerprint density at radius 2 is 2.00 bits per heavy atom. The van der Waals surface area contributed by atoms with E-state index < -0.39 is 0 Å². The lowest BCUT2D eigenvalue weighted by Crippen LogP contribution is -2.41. The van der Waals surface area contributed by atoms with E-state index in [0.717, 1.165) is 59.5 Å². The molecule has 0 aliphatic carbocycles. The van der Waals surface area contributed by atoms with E-state index in [1.807, 2.05) is 48.8 Å². The van der Waals surface area contributed by atoms with E-state index in [1.54, 1.807) is 18.4 Å². The number of carbonyl (C=O) groups excluding carboxylic acids is 1. The standard InChI is InChI=1S/C23H31N5O3S/c1-16(2)31-14-4-11-24-21(29)18-9-12-27(13-10-18)23-26-28-15-20(25-22(28)32-23)17-5-7-19(30-3)8-6-17/h5-8,15-16,18H,4,9-14H2,1-3H3,(H,24,29). The lowest BCUT2D eigenvalue weighted by Gasteiger charge is -2.30. The summed E-state index contributed by atoms with van der Waals surface area (Å²) < 4.78 is 12.6. The molecule has 1 N–H and O–H groups in total. The largest absolute Gasteiger partial charge is 0.497 e. The molecule has 0 radical (unpaired) electrons. The Morgan fingerprint density at radius 3 is 2.66 bits per heavy atom. The molecule has 0 saturated carbocycles. The molecule has 3 aromatic rings. The number of benzene rings is 1. The molecule has 1 aliphatic heterocycles. The predicted octanol–water partition coefficient (Wildman–Crippen LogP) is 3.61. The molecule has 172 valence electrons. The number of imidazole rings is 1. The highest BCUT2D eigenvalue weighted by Gasteiger charge is 2.26. The second-order valence-electron chi connectivity index (χ2n) is 8.29. The van der Waals surface area contributed by atoms with Crippen LogP contribution in [0.2, 0.25) is 0 Å². The van der Waals surface area contributed by atoms with Gasteiger partial charge in [-0.2, -0.15) is 0 Å². The van der Waals surface area contributed by atoms with Crippen LogP contribution in [0, 0.1) is 5.92 Å². The molecule has 0 unspecified atom stereocenters. The second kappa shape index (κ2) is 10.3. The van der Waals surface area contributed by atoms with E-state index in [4.69, 9.17) is 19.6 Å². The lowest BCUT2D eigenvalue weighted by atomic mass is 9.96. The quantitative estimate of drug-likeness (QED) is 0.495. The Kier molecular flexibility index (Phi) is 7.26. The van der Waals surface area contributed by atoms with Crippen molar-refractivity contribution < 1.29 is 14.3 Å². The monoisotopic (exact) mass is 457 g/mol. The van der Waals surface area contributed by atoms with Gasteiger partial charge in [0, 0.05) is 37.7 Å². The van der Waals surface area contributed by atoms with E-state index in [9.17, 15) is 4.79 Å². The average Bonchev–Trinajstić information content (AvgIpc) is 3.38. The zero-order chi connectivity index (χ0) is 22.5. The van der Waals surface area contributed by atoms with Crippen LogP contribution in [0.1, 0.15) is 33.1 Å². The second-order valence-corrected chi connectivity index (χ2v) is 9.23. The van der Waals surface area contributed by atoms with Crippen molar-refractivity contribution in [1.29, 1.82) is 0 Å². The minimum Gasteiger partial charge on any atom is -0.497 e. The van der Waals surface area contributed by atoms with Crippen LogP contribution in [-0.4, -0.2) is 60.0 Å². The first-order valence-corrected chi connectivity index (χ1v) is 12.0. The van der Waals surface area contributed by atoms with Crippen molar-refractivity contribution in [2.45, 2.75) is 39.2 Å². The van der Waals surface area contributed by atoms with Crippen LogP contribution in [0.5, 0.6) is 5.75 Å².